The molecule has 0 aliphatic carbocycles. The van der Waals surface area contributed by atoms with Crippen LogP contribution in [0.5, 0.6) is 0 Å². The number of hydrogen-bond donors (Lipinski definition) is 1. The summed E-state index contributed by atoms with van der Waals surface area (Å²) in [6.07, 6.45) is -4.58. The number of aliphatic hydroxyl groups excluding tert-OH is 1. The summed E-state index contributed by atoms with van der Waals surface area (Å²) in [5, 5.41) is 9.94. The average molecular weight is 317 g/mol. The predicted molar refractivity (Wildman–Crippen MR) is 70.4 cm³/mol. The molecule has 0 bridgehead atoms. The first-order valence-electron chi connectivity index (χ1n) is 5.96. The van der Waals surface area contributed by atoms with Crippen molar-refractivity contribution in [1.82, 2.24) is 4.98 Å². The third-order valence-electron chi connectivity index (χ3n) is 2.70. The van der Waals surface area contributed by atoms with E-state index in [0.717, 1.165) is 24.0 Å². The van der Waals surface area contributed by atoms with Crippen molar-refractivity contribution in [1.29, 1.82) is 0 Å². The summed E-state index contributed by atoms with van der Waals surface area (Å²) in [6, 6.07) is 6.04. The quantitative estimate of drug-likeness (QED) is 0.849. The standard InChI is InChI=1S/C14H11F4NOS/c1-8(20)11-6-10(15)3-4-12(11)21-13-5-2-9(7-19-13)14(16,17)18/h2-8,20H,1H3/t8-/m0/s1. The van der Waals surface area contributed by atoms with Gasteiger partial charge in [-0.05, 0) is 42.8 Å². The molecular weight excluding hydrogens is 306 g/mol. The van der Waals surface area contributed by atoms with Gasteiger partial charge in [0.15, 0.2) is 0 Å². The molecule has 1 atom stereocenters. The van der Waals surface area contributed by atoms with E-state index in [2.05, 4.69) is 4.98 Å². The second-order valence-electron chi connectivity index (χ2n) is 4.34. The number of halogens is 4. The Bertz CT molecular complexity index is 626. The van der Waals surface area contributed by atoms with Gasteiger partial charge in [-0.15, -0.1) is 0 Å². The highest BCUT2D eigenvalue weighted by Crippen LogP contribution is 2.34. The molecule has 7 heteroatoms. The summed E-state index contributed by atoms with van der Waals surface area (Å²) in [5.74, 6) is -0.490. The Labute approximate surface area is 122 Å². The fraction of sp³-hybridized carbons (Fsp3) is 0.214. The Morgan fingerprint density at radius 2 is 1.90 bits per heavy atom. The van der Waals surface area contributed by atoms with Crippen molar-refractivity contribution in [3.8, 4) is 0 Å². The molecule has 0 unspecified atom stereocenters. The van der Waals surface area contributed by atoms with E-state index in [1.165, 1.54) is 31.2 Å². The van der Waals surface area contributed by atoms with E-state index >= 15 is 0 Å². The zero-order valence-corrected chi connectivity index (χ0v) is 11.7. The van der Waals surface area contributed by atoms with Crippen molar-refractivity contribution in [2.45, 2.75) is 29.1 Å². The molecule has 1 N–H and O–H groups in total. The van der Waals surface area contributed by atoms with E-state index in [0.29, 0.717) is 15.5 Å². The van der Waals surface area contributed by atoms with Gasteiger partial charge in [-0.25, -0.2) is 9.37 Å². The Morgan fingerprint density at radius 3 is 2.43 bits per heavy atom. The highest BCUT2D eigenvalue weighted by Gasteiger charge is 2.30. The van der Waals surface area contributed by atoms with E-state index in [4.69, 9.17) is 0 Å². The maximum Gasteiger partial charge on any atom is 0.417 e. The van der Waals surface area contributed by atoms with Crippen molar-refractivity contribution >= 4 is 11.8 Å². The number of benzene rings is 1. The van der Waals surface area contributed by atoms with Gasteiger partial charge in [0.05, 0.1) is 11.7 Å². The maximum absolute atomic E-state index is 13.2. The zero-order chi connectivity index (χ0) is 15.6. The van der Waals surface area contributed by atoms with Gasteiger partial charge in [-0.1, -0.05) is 11.8 Å². The molecule has 0 spiro atoms. The van der Waals surface area contributed by atoms with E-state index in [1.54, 1.807) is 0 Å². The van der Waals surface area contributed by atoms with Crippen LogP contribution < -0.4 is 0 Å². The first-order chi connectivity index (χ1) is 9.77. The van der Waals surface area contributed by atoms with Gasteiger partial charge in [-0.2, -0.15) is 13.2 Å². The van der Waals surface area contributed by atoms with Crippen molar-refractivity contribution in [2.24, 2.45) is 0 Å². The molecule has 2 aromatic rings. The third kappa shape index (κ3) is 3.95. The number of aliphatic hydroxyl groups is 1. The molecular formula is C14H11F4NOS. The number of nitrogens with zero attached hydrogens (tertiary/aromatic N) is 1. The second-order valence-corrected chi connectivity index (χ2v) is 5.41. The molecule has 0 saturated carbocycles. The first-order valence-corrected chi connectivity index (χ1v) is 6.77. The molecule has 21 heavy (non-hydrogen) atoms. The van der Waals surface area contributed by atoms with E-state index < -0.39 is 23.7 Å². The average Bonchev–Trinajstić information content (AvgIpc) is 2.40. The molecule has 0 saturated heterocycles. The van der Waals surface area contributed by atoms with Crippen molar-refractivity contribution in [2.75, 3.05) is 0 Å². The smallest absolute Gasteiger partial charge is 0.389 e. The summed E-state index contributed by atoms with van der Waals surface area (Å²) in [7, 11) is 0. The molecule has 2 nitrogen and oxygen atoms in total. The van der Waals surface area contributed by atoms with E-state index in [-0.39, 0.29) is 0 Å². The molecule has 0 radical (unpaired) electrons. The van der Waals surface area contributed by atoms with Crippen LogP contribution in [0.25, 0.3) is 0 Å². The van der Waals surface area contributed by atoms with Crippen LogP contribution in [0.4, 0.5) is 17.6 Å². The van der Waals surface area contributed by atoms with Crippen LogP contribution >= 0.6 is 11.8 Å². The molecule has 1 aromatic carbocycles. The number of alkyl halides is 3. The molecule has 0 amide bonds. The minimum atomic E-state index is -4.43. The Morgan fingerprint density at radius 1 is 1.19 bits per heavy atom. The summed E-state index contributed by atoms with van der Waals surface area (Å²) in [6.45, 7) is 1.49. The zero-order valence-electron chi connectivity index (χ0n) is 10.9. The van der Waals surface area contributed by atoms with E-state index in [1.807, 2.05) is 0 Å². The molecule has 1 heterocycles. The topological polar surface area (TPSA) is 33.1 Å². The monoisotopic (exact) mass is 317 g/mol. The lowest BCUT2D eigenvalue weighted by atomic mass is 10.1. The SMILES string of the molecule is C[C@H](O)c1cc(F)ccc1Sc1ccc(C(F)(F)F)cn1. The van der Waals surface area contributed by atoms with Crippen molar-refractivity contribution in [3.05, 3.63) is 53.5 Å². The van der Waals surface area contributed by atoms with Crippen LogP contribution in [0.2, 0.25) is 0 Å². The van der Waals surface area contributed by atoms with Gasteiger partial charge in [0.1, 0.15) is 10.8 Å². The molecule has 1 aromatic heterocycles. The van der Waals surface area contributed by atoms with Gasteiger partial charge in [0.25, 0.3) is 0 Å². The van der Waals surface area contributed by atoms with Crippen LogP contribution in [0.3, 0.4) is 0 Å². The normalized spacial score (nSPS) is 13.2. The van der Waals surface area contributed by atoms with Crippen molar-refractivity contribution < 1.29 is 22.7 Å². The van der Waals surface area contributed by atoms with Crippen LogP contribution in [0.1, 0.15) is 24.2 Å². The Hall–Kier alpha value is -1.60. The summed E-state index contributed by atoms with van der Waals surface area (Å²) < 4.78 is 50.5. The lowest BCUT2D eigenvalue weighted by Gasteiger charge is -2.12. The van der Waals surface area contributed by atoms with Crippen molar-refractivity contribution in [3.63, 3.8) is 0 Å². The lowest BCUT2D eigenvalue weighted by molar-refractivity contribution is -0.137. The van der Waals surface area contributed by atoms with Gasteiger partial charge in [0, 0.05) is 11.1 Å². The van der Waals surface area contributed by atoms with Gasteiger partial charge < -0.3 is 5.11 Å². The minimum Gasteiger partial charge on any atom is -0.389 e. The summed E-state index contributed by atoms with van der Waals surface area (Å²) >= 11 is 1.07. The number of pyridine rings is 1. The van der Waals surface area contributed by atoms with E-state index in [9.17, 15) is 22.7 Å². The maximum atomic E-state index is 13.2. The van der Waals surface area contributed by atoms with Gasteiger partial charge in [-0.3, -0.25) is 0 Å². The lowest BCUT2D eigenvalue weighted by Crippen LogP contribution is -2.05. The largest absolute Gasteiger partial charge is 0.417 e. The Kier molecular flexibility index (Phi) is 4.53. The Balaban J connectivity index is 2.26. The second kappa shape index (κ2) is 6.03. The first kappa shape index (κ1) is 15.8. The van der Waals surface area contributed by atoms with Gasteiger partial charge >= 0.3 is 6.18 Å². The fourth-order valence-corrected chi connectivity index (χ4v) is 2.61. The third-order valence-corrected chi connectivity index (χ3v) is 3.74. The molecule has 0 aliphatic heterocycles. The number of aromatic nitrogens is 1. The van der Waals surface area contributed by atoms with Gasteiger partial charge in [0.2, 0.25) is 0 Å². The fourth-order valence-electron chi connectivity index (χ4n) is 1.66. The molecule has 112 valence electrons. The van der Waals surface area contributed by atoms with Crippen LogP contribution in [0.15, 0.2) is 46.5 Å². The number of hydrogen-bond acceptors (Lipinski definition) is 3. The van der Waals surface area contributed by atoms with Crippen LogP contribution in [-0.2, 0) is 6.18 Å². The summed E-state index contributed by atoms with van der Waals surface area (Å²) in [5.41, 5.74) is -0.469. The highest BCUT2D eigenvalue weighted by molar-refractivity contribution is 7.99. The number of rotatable bonds is 3. The van der Waals surface area contributed by atoms with Crippen LogP contribution in [0, 0.1) is 5.82 Å². The minimum absolute atomic E-state index is 0.330. The predicted octanol–water partition coefficient (Wildman–Crippen LogP) is 4.44. The molecule has 0 aliphatic rings. The van der Waals surface area contributed by atoms with Crippen LogP contribution in [-0.4, -0.2) is 10.1 Å². The molecule has 0 fully saturated rings. The highest BCUT2D eigenvalue weighted by atomic mass is 32.2. The molecule has 2 rings (SSSR count). The summed E-state index contributed by atoms with van der Waals surface area (Å²) in [4.78, 5) is 4.27.